The molecular formula is C24H30N2O4. The predicted molar refractivity (Wildman–Crippen MR) is 116 cm³/mol. The third-order valence-corrected chi connectivity index (χ3v) is 7.93. The van der Waals surface area contributed by atoms with Crippen molar-refractivity contribution >= 4 is 11.4 Å². The van der Waals surface area contributed by atoms with Gasteiger partial charge >= 0.3 is 0 Å². The van der Waals surface area contributed by atoms with E-state index in [4.69, 9.17) is 20.9 Å². The molecule has 4 bridgehead atoms. The second kappa shape index (κ2) is 6.37. The number of phenols is 2. The van der Waals surface area contributed by atoms with Crippen molar-refractivity contribution in [3.05, 3.63) is 35.4 Å². The number of aromatic hydroxyl groups is 2. The maximum atomic E-state index is 10.2. The van der Waals surface area contributed by atoms with E-state index >= 15 is 0 Å². The number of hydrogen-bond acceptors (Lipinski definition) is 6. The molecule has 4 aliphatic carbocycles. The third-order valence-electron chi connectivity index (χ3n) is 7.93. The van der Waals surface area contributed by atoms with E-state index in [9.17, 15) is 10.2 Å². The van der Waals surface area contributed by atoms with Crippen molar-refractivity contribution in [2.45, 2.75) is 49.4 Å². The molecule has 0 spiro atoms. The molecule has 4 saturated carbocycles. The molecule has 0 atom stereocenters. The Balaban J connectivity index is 1.63. The number of rotatable bonds is 4. The zero-order valence-corrected chi connectivity index (χ0v) is 17.6. The lowest BCUT2D eigenvalue weighted by molar-refractivity contribution is -0.0282. The van der Waals surface area contributed by atoms with Crippen LogP contribution in [-0.4, -0.2) is 24.4 Å². The monoisotopic (exact) mass is 410 g/mol. The normalized spacial score (nSPS) is 31.7. The standard InChI is InChI=1S/C24H30N2O4/c1-29-19-6-15(4-17(25)21(19)27)23-8-13-3-14(9-23)11-24(10-13,12-23)16-5-18(26)22(28)20(7-16)30-2/h4-7,13-14,27-28H,3,8-12,25-26H2,1-2H3. The highest BCUT2D eigenvalue weighted by Gasteiger charge is 2.59. The third kappa shape index (κ3) is 2.62. The van der Waals surface area contributed by atoms with Crippen molar-refractivity contribution in [1.82, 2.24) is 0 Å². The average molecular weight is 411 g/mol. The highest BCUT2D eigenvalue weighted by atomic mass is 16.5. The van der Waals surface area contributed by atoms with Crippen molar-refractivity contribution in [3.63, 3.8) is 0 Å². The molecule has 6 heteroatoms. The van der Waals surface area contributed by atoms with Crippen LogP contribution in [0.5, 0.6) is 23.0 Å². The minimum Gasteiger partial charge on any atom is -0.503 e. The van der Waals surface area contributed by atoms with Crippen molar-refractivity contribution in [2.75, 3.05) is 25.7 Å². The van der Waals surface area contributed by atoms with Crippen LogP contribution >= 0.6 is 0 Å². The Morgan fingerprint density at radius 3 is 1.53 bits per heavy atom. The number of nitrogen functional groups attached to an aromatic ring is 2. The van der Waals surface area contributed by atoms with Crippen LogP contribution in [0, 0.1) is 11.8 Å². The summed E-state index contributed by atoms with van der Waals surface area (Å²) in [5.74, 6) is 2.16. The Hall–Kier alpha value is -2.76. The smallest absolute Gasteiger partial charge is 0.181 e. The van der Waals surface area contributed by atoms with Crippen molar-refractivity contribution in [3.8, 4) is 23.0 Å². The number of anilines is 2. The van der Waals surface area contributed by atoms with Gasteiger partial charge in [-0.25, -0.2) is 0 Å². The lowest BCUT2D eigenvalue weighted by Gasteiger charge is -2.63. The van der Waals surface area contributed by atoms with Gasteiger partial charge < -0.3 is 31.2 Å². The first-order chi connectivity index (χ1) is 14.3. The number of ether oxygens (including phenoxy) is 2. The van der Waals surface area contributed by atoms with Gasteiger partial charge in [0.2, 0.25) is 0 Å². The summed E-state index contributed by atoms with van der Waals surface area (Å²) < 4.78 is 10.8. The molecule has 0 amide bonds. The Labute approximate surface area is 176 Å². The second-order valence-corrected chi connectivity index (χ2v) is 9.75. The van der Waals surface area contributed by atoms with E-state index in [2.05, 4.69) is 0 Å². The van der Waals surface area contributed by atoms with Crippen LogP contribution < -0.4 is 20.9 Å². The summed E-state index contributed by atoms with van der Waals surface area (Å²) in [6, 6.07) is 7.81. The zero-order valence-electron chi connectivity index (χ0n) is 17.6. The molecule has 2 aromatic rings. The molecule has 0 aromatic heterocycles. The van der Waals surface area contributed by atoms with Crippen molar-refractivity contribution in [1.29, 1.82) is 0 Å². The van der Waals surface area contributed by atoms with Crippen LogP contribution in [0.2, 0.25) is 0 Å². The van der Waals surface area contributed by atoms with Crippen LogP contribution in [0.1, 0.15) is 49.7 Å². The van der Waals surface area contributed by atoms with Gasteiger partial charge in [0, 0.05) is 0 Å². The first kappa shape index (κ1) is 19.2. The molecule has 160 valence electrons. The molecule has 30 heavy (non-hydrogen) atoms. The average Bonchev–Trinajstić information content (AvgIpc) is 2.70. The fourth-order valence-electron chi connectivity index (χ4n) is 7.12. The van der Waals surface area contributed by atoms with Gasteiger partial charge in [-0.1, -0.05) is 0 Å². The molecule has 6 rings (SSSR count). The highest BCUT2D eigenvalue weighted by molar-refractivity contribution is 5.64. The molecule has 0 radical (unpaired) electrons. The minimum absolute atomic E-state index is 0.000926. The summed E-state index contributed by atoms with van der Waals surface area (Å²) in [7, 11) is 3.12. The Morgan fingerprint density at radius 2 is 1.17 bits per heavy atom. The SMILES string of the molecule is COc1cc(C23CC4CC(C2)CC(c2cc(N)c(O)c(OC)c2)(C4)C3)cc(N)c1O. The molecule has 6 N–H and O–H groups in total. The Bertz CT molecular complexity index is 927. The molecule has 6 nitrogen and oxygen atoms in total. The molecule has 0 saturated heterocycles. The summed E-state index contributed by atoms with van der Waals surface area (Å²) >= 11 is 0. The van der Waals surface area contributed by atoms with Gasteiger partial charge in [0.05, 0.1) is 25.6 Å². The zero-order chi connectivity index (χ0) is 21.3. The first-order valence-corrected chi connectivity index (χ1v) is 10.6. The van der Waals surface area contributed by atoms with Gasteiger partial charge in [-0.15, -0.1) is 0 Å². The van der Waals surface area contributed by atoms with E-state index in [0.29, 0.717) is 34.7 Å². The van der Waals surface area contributed by atoms with Crippen molar-refractivity contribution < 1.29 is 19.7 Å². The highest BCUT2D eigenvalue weighted by Crippen LogP contribution is 2.67. The Kier molecular flexibility index (Phi) is 4.08. The lowest BCUT2D eigenvalue weighted by atomic mass is 9.41. The van der Waals surface area contributed by atoms with Crippen LogP contribution in [-0.2, 0) is 10.8 Å². The van der Waals surface area contributed by atoms with E-state index in [1.54, 1.807) is 14.2 Å². The second-order valence-electron chi connectivity index (χ2n) is 9.75. The maximum Gasteiger partial charge on any atom is 0.181 e. The lowest BCUT2D eigenvalue weighted by Crippen LogP contribution is -2.56. The summed E-state index contributed by atoms with van der Waals surface area (Å²) in [4.78, 5) is 0. The maximum absolute atomic E-state index is 10.2. The van der Waals surface area contributed by atoms with E-state index in [0.717, 1.165) is 43.2 Å². The quantitative estimate of drug-likeness (QED) is 0.447. The molecule has 4 aliphatic rings. The molecule has 0 heterocycles. The molecule has 2 aromatic carbocycles. The van der Waals surface area contributed by atoms with Crippen LogP contribution in [0.4, 0.5) is 11.4 Å². The van der Waals surface area contributed by atoms with Gasteiger partial charge in [-0.05, 0) is 96.6 Å². The van der Waals surface area contributed by atoms with E-state index in [1.807, 2.05) is 24.3 Å². The largest absolute Gasteiger partial charge is 0.503 e. The van der Waals surface area contributed by atoms with Crippen LogP contribution in [0.25, 0.3) is 0 Å². The van der Waals surface area contributed by atoms with Gasteiger partial charge in [0.25, 0.3) is 0 Å². The van der Waals surface area contributed by atoms with E-state index < -0.39 is 0 Å². The fourth-order valence-corrected chi connectivity index (χ4v) is 7.12. The minimum atomic E-state index is -0.000926. The summed E-state index contributed by atoms with van der Waals surface area (Å²) in [5, 5.41) is 20.5. The van der Waals surface area contributed by atoms with Crippen LogP contribution in [0.3, 0.4) is 0 Å². The van der Waals surface area contributed by atoms with Crippen LogP contribution in [0.15, 0.2) is 24.3 Å². The fraction of sp³-hybridized carbons (Fsp3) is 0.500. The number of benzene rings is 2. The van der Waals surface area contributed by atoms with Gasteiger partial charge in [0.15, 0.2) is 23.0 Å². The van der Waals surface area contributed by atoms with E-state index in [-0.39, 0.29) is 22.3 Å². The number of phenolic OH excluding ortho intramolecular Hbond substituents is 2. The molecule has 0 aliphatic heterocycles. The topological polar surface area (TPSA) is 111 Å². The summed E-state index contributed by atoms with van der Waals surface area (Å²) in [6.45, 7) is 0. The number of methoxy groups -OCH3 is 2. The molecule has 0 unspecified atom stereocenters. The molecule has 4 fully saturated rings. The summed E-state index contributed by atoms with van der Waals surface area (Å²) in [5.41, 5.74) is 15.3. The predicted octanol–water partition coefficient (Wildman–Crippen LogP) is 4.07. The Morgan fingerprint density at radius 1 is 0.767 bits per heavy atom. The number of nitrogens with two attached hydrogens (primary N) is 2. The molecular weight excluding hydrogens is 380 g/mol. The van der Waals surface area contributed by atoms with E-state index in [1.165, 1.54) is 6.42 Å². The first-order valence-electron chi connectivity index (χ1n) is 10.6. The van der Waals surface area contributed by atoms with Gasteiger partial charge in [-0.3, -0.25) is 0 Å². The summed E-state index contributed by atoms with van der Waals surface area (Å²) in [6.07, 6.45) is 6.77. The van der Waals surface area contributed by atoms with Gasteiger partial charge in [-0.2, -0.15) is 0 Å². The number of hydrogen-bond donors (Lipinski definition) is 4. The van der Waals surface area contributed by atoms with Gasteiger partial charge in [0.1, 0.15) is 0 Å². The van der Waals surface area contributed by atoms with Crippen molar-refractivity contribution in [2.24, 2.45) is 11.8 Å².